The molecule has 1 saturated heterocycles. The van der Waals surface area contributed by atoms with E-state index < -0.39 is 0 Å². The molecule has 0 aromatic carbocycles. The summed E-state index contributed by atoms with van der Waals surface area (Å²) in [6.07, 6.45) is 2.20. The number of carbonyl (C=O) groups excluding carboxylic acids is 1. The van der Waals surface area contributed by atoms with E-state index in [1.54, 1.807) is 4.90 Å². The fourth-order valence-electron chi connectivity index (χ4n) is 2.96. The number of aliphatic hydroxyl groups excluding tert-OH is 1. The highest BCUT2D eigenvalue weighted by atomic mass is 16.3. The number of carbonyl (C=O) groups is 1. The molecule has 0 bridgehead atoms. The van der Waals surface area contributed by atoms with E-state index in [1.165, 1.54) is 0 Å². The zero-order valence-corrected chi connectivity index (χ0v) is 9.28. The Morgan fingerprint density at radius 3 is 2.67 bits per heavy atom. The summed E-state index contributed by atoms with van der Waals surface area (Å²) in [6.45, 7) is 3.79. The predicted molar refractivity (Wildman–Crippen MR) is 57.1 cm³/mol. The first kappa shape index (κ1) is 10.9. The van der Waals surface area contributed by atoms with E-state index in [-0.39, 0.29) is 17.4 Å². The maximum Gasteiger partial charge on any atom is 0.230 e. The van der Waals surface area contributed by atoms with Crippen LogP contribution < -0.4 is 5.73 Å². The van der Waals surface area contributed by atoms with E-state index in [2.05, 4.69) is 6.92 Å². The highest BCUT2D eigenvalue weighted by Crippen LogP contribution is 2.46. The van der Waals surface area contributed by atoms with Crippen molar-refractivity contribution in [1.82, 2.24) is 4.90 Å². The summed E-state index contributed by atoms with van der Waals surface area (Å²) in [7, 11) is 0. The van der Waals surface area contributed by atoms with Crippen molar-refractivity contribution >= 4 is 5.91 Å². The lowest BCUT2D eigenvalue weighted by atomic mass is 9.62. The van der Waals surface area contributed by atoms with Crippen LogP contribution in [0.3, 0.4) is 0 Å². The maximum absolute atomic E-state index is 12.2. The van der Waals surface area contributed by atoms with Crippen LogP contribution in [0, 0.1) is 11.3 Å². The van der Waals surface area contributed by atoms with Crippen molar-refractivity contribution in [1.29, 1.82) is 0 Å². The molecule has 0 spiro atoms. The first-order chi connectivity index (χ1) is 7.07. The molecule has 1 aliphatic heterocycles. The predicted octanol–water partition coefficient (Wildman–Crippen LogP) is -0.0454. The molecule has 1 unspecified atom stereocenters. The van der Waals surface area contributed by atoms with Crippen molar-refractivity contribution in [2.45, 2.75) is 32.3 Å². The largest absolute Gasteiger partial charge is 0.391 e. The van der Waals surface area contributed by atoms with E-state index in [4.69, 9.17) is 5.73 Å². The highest BCUT2D eigenvalue weighted by Gasteiger charge is 2.49. The fourth-order valence-corrected chi connectivity index (χ4v) is 2.96. The molecule has 15 heavy (non-hydrogen) atoms. The second-order valence-electron chi connectivity index (χ2n) is 5.19. The van der Waals surface area contributed by atoms with Gasteiger partial charge in [-0.3, -0.25) is 4.79 Å². The van der Waals surface area contributed by atoms with Crippen LogP contribution in [0.4, 0.5) is 0 Å². The number of amides is 1. The summed E-state index contributed by atoms with van der Waals surface area (Å²) in [6, 6.07) is 0. The Kier molecular flexibility index (Phi) is 2.73. The Morgan fingerprint density at radius 1 is 1.60 bits per heavy atom. The van der Waals surface area contributed by atoms with E-state index in [1.807, 2.05) is 0 Å². The van der Waals surface area contributed by atoms with E-state index in [0.717, 1.165) is 12.8 Å². The molecule has 4 heteroatoms. The lowest BCUT2D eigenvalue weighted by molar-refractivity contribution is -0.148. The average Bonchev–Trinajstić information content (AvgIpc) is 2.58. The molecule has 1 amide bonds. The molecular formula is C11H20N2O2. The van der Waals surface area contributed by atoms with Crippen LogP contribution in [0.15, 0.2) is 0 Å². The smallest absolute Gasteiger partial charge is 0.230 e. The van der Waals surface area contributed by atoms with Gasteiger partial charge in [0.25, 0.3) is 0 Å². The first-order valence-electron chi connectivity index (χ1n) is 5.75. The Labute approximate surface area is 90.4 Å². The molecule has 0 radical (unpaired) electrons. The van der Waals surface area contributed by atoms with Gasteiger partial charge in [-0.25, -0.2) is 0 Å². The molecule has 1 saturated carbocycles. The molecule has 1 heterocycles. The highest BCUT2D eigenvalue weighted by molar-refractivity contribution is 5.84. The second kappa shape index (κ2) is 3.76. The summed E-state index contributed by atoms with van der Waals surface area (Å²) < 4.78 is 0. The standard InChI is InChI=1S/C11H20N2O2/c1-8-4-11(5-8,7-12)10(15)13-3-2-9(14)6-13/h8-9,14H,2-7,12H2,1H3. The Morgan fingerprint density at radius 2 is 2.27 bits per heavy atom. The normalized spacial score (nSPS) is 40.3. The first-order valence-corrected chi connectivity index (χ1v) is 5.75. The summed E-state index contributed by atoms with van der Waals surface area (Å²) in [5.74, 6) is 0.782. The van der Waals surface area contributed by atoms with Crippen LogP contribution in [0.1, 0.15) is 26.2 Å². The molecule has 2 rings (SSSR count). The number of nitrogens with zero attached hydrogens (tertiary/aromatic N) is 1. The van der Waals surface area contributed by atoms with E-state index in [9.17, 15) is 9.90 Å². The number of rotatable bonds is 2. The van der Waals surface area contributed by atoms with Gasteiger partial charge < -0.3 is 15.7 Å². The minimum Gasteiger partial charge on any atom is -0.391 e. The molecule has 2 fully saturated rings. The van der Waals surface area contributed by atoms with Gasteiger partial charge in [-0.05, 0) is 25.2 Å². The number of aliphatic hydroxyl groups is 1. The van der Waals surface area contributed by atoms with Crippen LogP contribution in [0.2, 0.25) is 0 Å². The molecule has 0 aromatic heterocycles. The van der Waals surface area contributed by atoms with Gasteiger partial charge in [-0.15, -0.1) is 0 Å². The van der Waals surface area contributed by atoms with Crippen LogP contribution in [-0.2, 0) is 4.79 Å². The topological polar surface area (TPSA) is 66.6 Å². The fraction of sp³-hybridized carbons (Fsp3) is 0.909. The third-order valence-corrected chi connectivity index (χ3v) is 3.77. The third-order valence-electron chi connectivity index (χ3n) is 3.77. The minimum atomic E-state index is -0.332. The quantitative estimate of drug-likeness (QED) is 0.674. The van der Waals surface area contributed by atoms with Crippen LogP contribution in [0.5, 0.6) is 0 Å². The van der Waals surface area contributed by atoms with E-state index >= 15 is 0 Å². The molecule has 2 aliphatic rings. The molecule has 0 aromatic rings. The molecule has 3 N–H and O–H groups in total. The van der Waals surface area contributed by atoms with Crippen LogP contribution in [-0.4, -0.2) is 41.7 Å². The number of likely N-dealkylation sites (tertiary alicyclic amines) is 1. The van der Waals surface area contributed by atoms with Crippen LogP contribution in [0.25, 0.3) is 0 Å². The lowest BCUT2D eigenvalue weighted by Crippen LogP contribution is -2.54. The Bertz CT molecular complexity index is 261. The Hall–Kier alpha value is -0.610. The second-order valence-corrected chi connectivity index (χ2v) is 5.19. The third kappa shape index (κ3) is 1.76. The Balaban J connectivity index is 2.00. The molecular weight excluding hydrogens is 192 g/mol. The molecule has 4 nitrogen and oxygen atoms in total. The number of nitrogens with two attached hydrogens (primary N) is 1. The van der Waals surface area contributed by atoms with Gasteiger partial charge in [0.15, 0.2) is 0 Å². The van der Waals surface area contributed by atoms with Crippen molar-refractivity contribution in [3.8, 4) is 0 Å². The van der Waals surface area contributed by atoms with E-state index in [0.29, 0.717) is 32.0 Å². The maximum atomic E-state index is 12.2. The van der Waals surface area contributed by atoms with Gasteiger partial charge in [0.1, 0.15) is 0 Å². The zero-order chi connectivity index (χ0) is 11.1. The minimum absolute atomic E-state index is 0.166. The molecule has 1 atom stereocenters. The summed E-state index contributed by atoms with van der Waals surface area (Å²) >= 11 is 0. The lowest BCUT2D eigenvalue weighted by Gasteiger charge is -2.46. The van der Waals surface area contributed by atoms with Crippen molar-refractivity contribution < 1.29 is 9.90 Å². The van der Waals surface area contributed by atoms with Gasteiger partial charge in [0.05, 0.1) is 11.5 Å². The summed E-state index contributed by atoms with van der Waals surface area (Å²) in [5, 5.41) is 9.40. The van der Waals surface area contributed by atoms with Gasteiger partial charge in [-0.1, -0.05) is 6.92 Å². The van der Waals surface area contributed by atoms with Crippen molar-refractivity contribution in [3.05, 3.63) is 0 Å². The van der Waals surface area contributed by atoms with Gasteiger partial charge >= 0.3 is 0 Å². The van der Waals surface area contributed by atoms with Gasteiger partial charge in [-0.2, -0.15) is 0 Å². The van der Waals surface area contributed by atoms with Crippen molar-refractivity contribution in [2.75, 3.05) is 19.6 Å². The summed E-state index contributed by atoms with van der Waals surface area (Å²) in [5.41, 5.74) is 5.42. The van der Waals surface area contributed by atoms with Crippen molar-refractivity contribution in [2.24, 2.45) is 17.1 Å². The van der Waals surface area contributed by atoms with Crippen LogP contribution >= 0.6 is 0 Å². The monoisotopic (exact) mass is 212 g/mol. The van der Waals surface area contributed by atoms with Crippen molar-refractivity contribution in [3.63, 3.8) is 0 Å². The summed E-state index contributed by atoms with van der Waals surface area (Å²) in [4.78, 5) is 14.0. The molecule has 1 aliphatic carbocycles. The van der Waals surface area contributed by atoms with Gasteiger partial charge in [0.2, 0.25) is 5.91 Å². The molecule has 86 valence electrons. The number of β-amino-alcohol motifs (C(OH)–C–C–N with tert-alkyl or cyclic N) is 1. The average molecular weight is 212 g/mol. The number of hydrogen-bond donors (Lipinski definition) is 2. The zero-order valence-electron chi connectivity index (χ0n) is 9.28. The number of hydrogen-bond acceptors (Lipinski definition) is 3. The SMILES string of the molecule is CC1CC(CN)(C(=O)N2CCC(O)C2)C1. The van der Waals surface area contributed by atoms with Gasteiger partial charge in [0, 0.05) is 19.6 Å².